The van der Waals surface area contributed by atoms with Crippen molar-refractivity contribution in [1.29, 1.82) is 0 Å². The molecule has 104 valence electrons. The highest BCUT2D eigenvalue weighted by Crippen LogP contribution is 2.20. The number of benzene rings is 1. The highest BCUT2D eigenvalue weighted by atomic mass is 35.5. The maximum atomic E-state index is 12.9. The fraction of sp³-hybridized carbons (Fsp3) is 0.462. The Bertz CT molecular complexity index is 475. The largest absolute Gasteiger partial charge is 0.388 e. The third-order valence-corrected chi connectivity index (χ3v) is 3.49. The molecule has 0 bridgehead atoms. The van der Waals surface area contributed by atoms with E-state index in [9.17, 15) is 14.3 Å². The Kier molecular flexibility index (Phi) is 4.39. The van der Waals surface area contributed by atoms with Crippen LogP contribution in [0.5, 0.6) is 0 Å². The van der Waals surface area contributed by atoms with E-state index < -0.39 is 17.3 Å². The predicted octanol–water partition coefficient (Wildman–Crippen LogP) is 1.75. The molecular weight excluding hydrogens is 273 g/mol. The summed E-state index contributed by atoms with van der Waals surface area (Å²) < 4.78 is 18.0. The smallest absolute Gasteiger partial charge is 0.252 e. The van der Waals surface area contributed by atoms with Gasteiger partial charge < -0.3 is 15.2 Å². The molecule has 19 heavy (non-hydrogen) atoms. The second kappa shape index (κ2) is 5.86. The number of carbonyl (C=O) groups excluding carboxylic acids is 1. The van der Waals surface area contributed by atoms with Crippen LogP contribution in [0.1, 0.15) is 23.2 Å². The molecule has 1 aliphatic rings. The van der Waals surface area contributed by atoms with Crippen molar-refractivity contribution in [3.05, 3.63) is 34.6 Å². The van der Waals surface area contributed by atoms with Gasteiger partial charge in [-0.1, -0.05) is 11.6 Å². The predicted molar refractivity (Wildman–Crippen MR) is 68.7 cm³/mol. The molecule has 1 saturated heterocycles. The molecule has 0 atom stereocenters. The molecule has 0 saturated carbocycles. The molecule has 4 nitrogen and oxygen atoms in total. The van der Waals surface area contributed by atoms with Gasteiger partial charge in [0.2, 0.25) is 0 Å². The van der Waals surface area contributed by atoms with Gasteiger partial charge in [-0.25, -0.2) is 4.39 Å². The van der Waals surface area contributed by atoms with E-state index in [4.69, 9.17) is 16.3 Å². The van der Waals surface area contributed by atoms with Gasteiger partial charge in [0, 0.05) is 32.6 Å². The molecule has 2 N–H and O–H groups in total. The molecule has 1 amide bonds. The van der Waals surface area contributed by atoms with Crippen molar-refractivity contribution in [2.75, 3.05) is 19.8 Å². The van der Waals surface area contributed by atoms with Gasteiger partial charge in [-0.3, -0.25) is 4.79 Å². The lowest BCUT2D eigenvalue weighted by atomic mass is 9.94. The lowest BCUT2D eigenvalue weighted by molar-refractivity contribution is -0.0605. The summed E-state index contributed by atoms with van der Waals surface area (Å²) in [5.41, 5.74) is -0.751. The summed E-state index contributed by atoms with van der Waals surface area (Å²) in [5.74, 6) is -0.922. The number of aliphatic hydroxyl groups is 1. The fourth-order valence-electron chi connectivity index (χ4n) is 1.94. The summed E-state index contributed by atoms with van der Waals surface area (Å²) in [4.78, 5) is 11.9. The maximum Gasteiger partial charge on any atom is 0.252 e. The van der Waals surface area contributed by atoms with Gasteiger partial charge in [-0.05, 0) is 18.2 Å². The molecular formula is C13H15ClFNO3. The highest BCUT2D eigenvalue weighted by Gasteiger charge is 2.30. The quantitative estimate of drug-likeness (QED) is 0.890. The lowest BCUT2D eigenvalue weighted by Crippen LogP contribution is -2.46. The molecule has 2 rings (SSSR count). The van der Waals surface area contributed by atoms with Crippen molar-refractivity contribution in [1.82, 2.24) is 5.32 Å². The Morgan fingerprint density at radius 3 is 2.79 bits per heavy atom. The number of hydrogen-bond acceptors (Lipinski definition) is 3. The van der Waals surface area contributed by atoms with Crippen LogP contribution in [0.25, 0.3) is 0 Å². The first kappa shape index (κ1) is 14.2. The van der Waals surface area contributed by atoms with Crippen LogP contribution < -0.4 is 5.32 Å². The van der Waals surface area contributed by atoms with Crippen molar-refractivity contribution >= 4 is 17.5 Å². The first-order valence-electron chi connectivity index (χ1n) is 6.04. The molecule has 0 radical (unpaired) electrons. The van der Waals surface area contributed by atoms with E-state index in [1.165, 1.54) is 12.1 Å². The molecule has 1 aromatic rings. The molecule has 1 fully saturated rings. The topological polar surface area (TPSA) is 58.6 Å². The molecule has 6 heteroatoms. The molecule has 0 unspecified atom stereocenters. The van der Waals surface area contributed by atoms with E-state index in [1.807, 2.05) is 0 Å². The van der Waals surface area contributed by atoms with Gasteiger partial charge in [0.25, 0.3) is 5.91 Å². The van der Waals surface area contributed by atoms with Crippen molar-refractivity contribution in [3.63, 3.8) is 0 Å². The van der Waals surface area contributed by atoms with Crippen LogP contribution in [-0.2, 0) is 4.74 Å². The third-order valence-electron chi connectivity index (χ3n) is 3.18. The van der Waals surface area contributed by atoms with Crippen LogP contribution in [0.4, 0.5) is 4.39 Å². The summed E-state index contributed by atoms with van der Waals surface area (Å²) in [6.07, 6.45) is 0.953. The number of nitrogens with one attached hydrogen (secondary N) is 1. The second-order valence-corrected chi connectivity index (χ2v) is 5.05. The summed E-state index contributed by atoms with van der Waals surface area (Å²) >= 11 is 5.80. The van der Waals surface area contributed by atoms with E-state index in [2.05, 4.69) is 5.32 Å². The fourth-order valence-corrected chi connectivity index (χ4v) is 2.19. The minimum atomic E-state index is -0.944. The van der Waals surface area contributed by atoms with Crippen LogP contribution in [0.3, 0.4) is 0 Å². The molecule has 0 aliphatic carbocycles. The summed E-state index contributed by atoms with van der Waals surface area (Å²) in [6.45, 7) is 1.08. The van der Waals surface area contributed by atoms with Gasteiger partial charge in [0.1, 0.15) is 5.82 Å². The van der Waals surface area contributed by atoms with Crippen LogP contribution >= 0.6 is 11.6 Å². The number of hydrogen-bond donors (Lipinski definition) is 2. The zero-order chi connectivity index (χ0) is 13.9. The SMILES string of the molecule is O=C(NCC1(O)CCOCC1)c1ccc(F)cc1Cl. The summed E-state index contributed by atoms with van der Waals surface area (Å²) in [6, 6.07) is 3.57. The van der Waals surface area contributed by atoms with Crippen LogP contribution in [0, 0.1) is 5.82 Å². The number of carbonyl (C=O) groups is 1. The average Bonchev–Trinajstić information content (AvgIpc) is 2.37. The van der Waals surface area contributed by atoms with Crippen LogP contribution in [0.15, 0.2) is 18.2 Å². The number of rotatable bonds is 3. The van der Waals surface area contributed by atoms with Crippen molar-refractivity contribution in [3.8, 4) is 0 Å². The minimum Gasteiger partial charge on any atom is -0.388 e. The number of halogens is 2. The first-order chi connectivity index (χ1) is 9.00. The average molecular weight is 288 g/mol. The van der Waals surface area contributed by atoms with Crippen molar-refractivity contribution < 1.29 is 19.0 Å². The van der Waals surface area contributed by atoms with E-state index in [0.29, 0.717) is 26.1 Å². The Labute approximate surface area is 115 Å². The Morgan fingerprint density at radius 1 is 1.47 bits per heavy atom. The van der Waals surface area contributed by atoms with Gasteiger partial charge in [-0.15, -0.1) is 0 Å². The second-order valence-electron chi connectivity index (χ2n) is 4.64. The summed E-state index contributed by atoms with van der Waals surface area (Å²) in [5, 5.41) is 12.9. The van der Waals surface area contributed by atoms with Gasteiger partial charge >= 0.3 is 0 Å². The van der Waals surface area contributed by atoms with Gasteiger partial charge in [0.15, 0.2) is 0 Å². The molecule has 0 aromatic heterocycles. The van der Waals surface area contributed by atoms with Crippen molar-refractivity contribution in [2.24, 2.45) is 0 Å². The zero-order valence-corrected chi connectivity index (χ0v) is 11.0. The van der Waals surface area contributed by atoms with E-state index in [-0.39, 0.29) is 17.1 Å². The maximum absolute atomic E-state index is 12.9. The van der Waals surface area contributed by atoms with E-state index in [0.717, 1.165) is 6.07 Å². The van der Waals surface area contributed by atoms with Crippen LogP contribution in [-0.4, -0.2) is 36.4 Å². The monoisotopic (exact) mass is 287 g/mol. The summed E-state index contributed by atoms with van der Waals surface area (Å²) in [7, 11) is 0. The highest BCUT2D eigenvalue weighted by molar-refractivity contribution is 6.33. The third kappa shape index (κ3) is 3.65. The molecule has 1 heterocycles. The Hall–Kier alpha value is -1.17. The molecule has 1 aromatic carbocycles. The van der Waals surface area contributed by atoms with Crippen molar-refractivity contribution in [2.45, 2.75) is 18.4 Å². The van der Waals surface area contributed by atoms with E-state index >= 15 is 0 Å². The molecule has 0 spiro atoms. The molecule has 1 aliphatic heterocycles. The number of ether oxygens (including phenoxy) is 1. The number of amides is 1. The lowest BCUT2D eigenvalue weighted by Gasteiger charge is -2.32. The standard InChI is InChI=1S/C13H15ClFNO3/c14-11-7-9(15)1-2-10(11)12(17)16-8-13(18)3-5-19-6-4-13/h1-2,7,18H,3-6,8H2,(H,16,17). The Morgan fingerprint density at radius 2 is 2.16 bits per heavy atom. The Balaban J connectivity index is 1.97. The zero-order valence-electron chi connectivity index (χ0n) is 10.3. The van der Waals surface area contributed by atoms with Gasteiger partial charge in [-0.2, -0.15) is 0 Å². The van der Waals surface area contributed by atoms with Crippen LogP contribution in [0.2, 0.25) is 5.02 Å². The first-order valence-corrected chi connectivity index (χ1v) is 6.41. The van der Waals surface area contributed by atoms with Gasteiger partial charge in [0.05, 0.1) is 16.2 Å². The minimum absolute atomic E-state index is 0.0523. The normalized spacial score (nSPS) is 18.1. The van der Waals surface area contributed by atoms with E-state index in [1.54, 1.807) is 0 Å².